The maximum Gasteiger partial charge on any atom is 0.407 e. The molecule has 6 nitrogen and oxygen atoms in total. The fourth-order valence-electron chi connectivity index (χ4n) is 3.58. The van der Waals surface area contributed by atoms with Crippen LogP contribution in [0.2, 0.25) is 5.02 Å². The average molecular weight is 419 g/mol. The molecule has 0 unspecified atom stereocenters. The highest BCUT2D eigenvalue weighted by atomic mass is 35.5. The van der Waals surface area contributed by atoms with Gasteiger partial charge in [-0.15, -0.1) is 10.2 Å². The molecule has 1 amide bonds. The summed E-state index contributed by atoms with van der Waals surface area (Å²) in [6, 6.07) is 11.1. The monoisotopic (exact) mass is 418 g/mol. The van der Waals surface area contributed by atoms with Crippen LogP contribution < -0.4 is 5.32 Å². The van der Waals surface area contributed by atoms with Gasteiger partial charge in [-0.05, 0) is 18.2 Å². The molecule has 1 fully saturated rings. The number of piperidine rings is 1. The molecule has 0 aliphatic carbocycles. The Labute approximate surface area is 170 Å². The van der Waals surface area contributed by atoms with Crippen LogP contribution in [0.15, 0.2) is 42.5 Å². The van der Waals surface area contributed by atoms with Crippen LogP contribution in [0.3, 0.4) is 0 Å². The predicted molar refractivity (Wildman–Crippen MR) is 106 cm³/mol. The van der Waals surface area contributed by atoms with Crippen molar-refractivity contribution in [2.45, 2.75) is 18.6 Å². The third-order valence-electron chi connectivity index (χ3n) is 4.88. The molecule has 0 spiro atoms. The highest BCUT2D eigenvalue weighted by Crippen LogP contribution is 2.32. The molecule has 150 valence electrons. The van der Waals surface area contributed by atoms with Crippen LogP contribution in [0.4, 0.5) is 19.4 Å². The Bertz CT molecular complexity index is 1080. The number of likely N-dealkylation sites (tertiary alicyclic amines) is 1. The zero-order chi connectivity index (χ0) is 20.5. The van der Waals surface area contributed by atoms with Crippen molar-refractivity contribution in [3.05, 3.63) is 53.3 Å². The summed E-state index contributed by atoms with van der Waals surface area (Å²) in [6.45, 7) is -0.00591. The van der Waals surface area contributed by atoms with Crippen LogP contribution in [0, 0.1) is 5.82 Å². The molecule has 4 rings (SSSR count). The van der Waals surface area contributed by atoms with Gasteiger partial charge in [0.25, 0.3) is 0 Å². The number of anilines is 1. The smallest absolute Gasteiger partial charge is 0.407 e. The second-order valence-electron chi connectivity index (χ2n) is 6.93. The number of rotatable bonds is 3. The van der Waals surface area contributed by atoms with Crippen LogP contribution >= 0.6 is 11.6 Å². The van der Waals surface area contributed by atoms with E-state index in [1.54, 1.807) is 36.4 Å². The number of fused-ring (bicyclic) bond motifs is 1. The van der Waals surface area contributed by atoms with Gasteiger partial charge in [-0.3, -0.25) is 0 Å². The van der Waals surface area contributed by atoms with E-state index in [1.807, 2.05) is 0 Å². The number of halogens is 3. The quantitative estimate of drug-likeness (QED) is 0.650. The molecule has 2 aromatic carbocycles. The number of amides is 1. The summed E-state index contributed by atoms with van der Waals surface area (Å²) in [4.78, 5) is 12.3. The van der Waals surface area contributed by atoms with Gasteiger partial charge in [0.05, 0.1) is 6.54 Å². The van der Waals surface area contributed by atoms with Crippen LogP contribution in [0.5, 0.6) is 0 Å². The fraction of sp³-hybridized carbons (Fsp3) is 0.250. The lowest BCUT2D eigenvalue weighted by atomic mass is 10.0. The van der Waals surface area contributed by atoms with Gasteiger partial charge in [0, 0.05) is 40.4 Å². The summed E-state index contributed by atoms with van der Waals surface area (Å²) >= 11 is 5.84. The van der Waals surface area contributed by atoms with Gasteiger partial charge in [-0.2, -0.15) is 0 Å². The lowest BCUT2D eigenvalue weighted by Gasteiger charge is -2.33. The zero-order valence-electron chi connectivity index (χ0n) is 15.1. The summed E-state index contributed by atoms with van der Waals surface area (Å²) in [5.41, 5.74) is 0.627. The minimum absolute atomic E-state index is 0.138. The van der Waals surface area contributed by atoms with Gasteiger partial charge >= 0.3 is 6.09 Å². The number of benzene rings is 2. The number of aromatic nitrogens is 2. The van der Waals surface area contributed by atoms with Crippen molar-refractivity contribution in [3.8, 4) is 11.3 Å². The van der Waals surface area contributed by atoms with E-state index >= 15 is 0 Å². The van der Waals surface area contributed by atoms with E-state index in [9.17, 15) is 18.7 Å². The van der Waals surface area contributed by atoms with Crippen molar-refractivity contribution in [1.82, 2.24) is 15.1 Å². The first-order valence-corrected chi connectivity index (χ1v) is 9.39. The second-order valence-corrected chi connectivity index (χ2v) is 7.37. The fourth-order valence-corrected chi connectivity index (χ4v) is 3.74. The highest BCUT2D eigenvalue weighted by molar-refractivity contribution is 6.30. The molecule has 1 aliphatic heterocycles. The van der Waals surface area contributed by atoms with Crippen molar-refractivity contribution < 1.29 is 18.7 Å². The predicted octanol–water partition coefficient (Wildman–Crippen LogP) is 4.59. The van der Waals surface area contributed by atoms with E-state index < -0.39 is 24.1 Å². The molecule has 3 aromatic rings. The van der Waals surface area contributed by atoms with Gasteiger partial charge in [0.15, 0.2) is 5.82 Å². The standard InChI is InChI=1S/C20H17ClF2N4O2/c21-11-5-6-16(17(23)7-11)18-14-3-1-2-4-15(14)19(26-25-18)24-13-8-12(22)9-27(10-13)20(28)29/h1-7,12-13H,8-10H2,(H,24,26)(H,28,29)/t12-,13-/m1/s1. The molecular formula is C20H17ClF2N4O2. The molecule has 0 saturated carbocycles. The molecule has 2 heterocycles. The van der Waals surface area contributed by atoms with Gasteiger partial charge in [-0.1, -0.05) is 35.9 Å². The van der Waals surface area contributed by atoms with Gasteiger partial charge < -0.3 is 15.3 Å². The number of carbonyl (C=O) groups is 1. The Morgan fingerprint density at radius 3 is 2.66 bits per heavy atom. The largest absolute Gasteiger partial charge is 0.465 e. The van der Waals surface area contributed by atoms with Crippen LogP contribution in [0.1, 0.15) is 6.42 Å². The Hall–Kier alpha value is -3.00. The number of alkyl halides is 1. The molecular weight excluding hydrogens is 402 g/mol. The second kappa shape index (κ2) is 7.79. The minimum Gasteiger partial charge on any atom is -0.465 e. The number of hydrogen-bond donors (Lipinski definition) is 2. The maximum absolute atomic E-state index is 14.4. The van der Waals surface area contributed by atoms with Crippen molar-refractivity contribution in [2.24, 2.45) is 0 Å². The lowest BCUT2D eigenvalue weighted by Crippen LogP contribution is -2.49. The lowest BCUT2D eigenvalue weighted by molar-refractivity contribution is 0.102. The van der Waals surface area contributed by atoms with Gasteiger partial charge in [0.2, 0.25) is 0 Å². The molecule has 0 bridgehead atoms. The Kier molecular flexibility index (Phi) is 5.19. The molecule has 0 radical (unpaired) electrons. The third kappa shape index (κ3) is 3.93. The minimum atomic E-state index is -1.26. The molecule has 1 aromatic heterocycles. The van der Waals surface area contributed by atoms with Crippen molar-refractivity contribution >= 4 is 34.3 Å². The first-order chi connectivity index (χ1) is 13.9. The Balaban J connectivity index is 1.71. The zero-order valence-corrected chi connectivity index (χ0v) is 15.9. The molecule has 29 heavy (non-hydrogen) atoms. The summed E-state index contributed by atoms with van der Waals surface area (Å²) in [7, 11) is 0. The first kappa shape index (κ1) is 19.3. The summed E-state index contributed by atoms with van der Waals surface area (Å²) in [5.74, 6) is -0.120. The Morgan fingerprint density at radius 1 is 1.17 bits per heavy atom. The Morgan fingerprint density at radius 2 is 1.93 bits per heavy atom. The van der Waals surface area contributed by atoms with Gasteiger partial charge in [0.1, 0.15) is 17.7 Å². The van der Waals surface area contributed by atoms with Crippen molar-refractivity contribution in [1.29, 1.82) is 0 Å². The van der Waals surface area contributed by atoms with Crippen LogP contribution in [-0.4, -0.2) is 51.6 Å². The van der Waals surface area contributed by atoms with E-state index in [2.05, 4.69) is 15.5 Å². The van der Waals surface area contributed by atoms with Crippen LogP contribution in [0.25, 0.3) is 22.0 Å². The van der Waals surface area contributed by atoms with Crippen molar-refractivity contribution in [3.63, 3.8) is 0 Å². The number of nitrogens with one attached hydrogen (secondary N) is 1. The first-order valence-electron chi connectivity index (χ1n) is 9.01. The van der Waals surface area contributed by atoms with Crippen molar-refractivity contribution in [2.75, 3.05) is 18.4 Å². The molecule has 9 heteroatoms. The molecule has 2 N–H and O–H groups in total. The summed E-state index contributed by atoms with van der Waals surface area (Å²) in [6.07, 6.45) is -2.27. The summed E-state index contributed by atoms with van der Waals surface area (Å²) in [5, 5.41) is 22.3. The number of carboxylic acid groups (broad SMARTS) is 1. The number of nitrogens with zero attached hydrogens (tertiary/aromatic N) is 3. The number of hydrogen-bond acceptors (Lipinski definition) is 4. The maximum atomic E-state index is 14.4. The normalized spacial score (nSPS) is 19.3. The molecule has 1 aliphatic rings. The molecule has 2 atom stereocenters. The molecule has 1 saturated heterocycles. The summed E-state index contributed by atoms with van der Waals surface area (Å²) < 4.78 is 28.4. The van der Waals surface area contributed by atoms with E-state index in [4.69, 9.17) is 11.6 Å². The SMILES string of the molecule is O=C(O)N1C[C@H](F)C[C@@H](Nc2nnc(-c3ccc(Cl)cc3F)c3ccccc23)C1. The van der Waals surface area contributed by atoms with E-state index in [0.29, 0.717) is 22.3 Å². The average Bonchev–Trinajstić information content (AvgIpc) is 2.68. The van der Waals surface area contributed by atoms with E-state index in [0.717, 1.165) is 4.90 Å². The van der Waals surface area contributed by atoms with E-state index in [1.165, 1.54) is 6.07 Å². The highest BCUT2D eigenvalue weighted by Gasteiger charge is 2.30. The topological polar surface area (TPSA) is 78.4 Å². The van der Waals surface area contributed by atoms with Gasteiger partial charge in [-0.25, -0.2) is 13.6 Å². The van der Waals surface area contributed by atoms with Crippen LogP contribution in [-0.2, 0) is 0 Å². The third-order valence-corrected chi connectivity index (χ3v) is 5.12. The van der Waals surface area contributed by atoms with E-state index in [-0.39, 0.29) is 30.1 Å².